The summed E-state index contributed by atoms with van der Waals surface area (Å²) in [6, 6.07) is 10.7. The molecule has 1 unspecified atom stereocenters. The van der Waals surface area contributed by atoms with E-state index in [1.807, 2.05) is 30.3 Å². The maximum Gasteiger partial charge on any atom is 0.116 e. The number of likely N-dealkylation sites (N-methyl/N-ethyl adjacent to an activating group) is 1. The van der Waals surface area contributed by atoms with Gasteiger partial charge in [-0.05, 0) is 32.1 Å². The molecular weight excluding hydrogens is 188 g/mol. The lowest BCUT2D eigenvalue weighted by molar-refractivity contribution is 0.0280. The fourth-order valence-corrected chi connectivity index (χ4v) is 1.67. The molecule has 3 nitrogen and oxygen atoms in total. The molecular formula is C12H18N2O. The van der Waals surface area contributed by atoms with Crippen molar-refractivity contribution in [3.8, 4) is 0 Å². The molecule has 2 rings (SSSR count). The second kappa shape index (κ2) is 5.14. The largest absolute Gasteiger partial charge is 0.363 e. The molecule has 15 heavy (non-hydrogen) atoms. The first-order valence-electron chi connectivity index (χ1n) is 5.43. The van der Waals surface area contributed by atoms with Crippen molar-refractivity contribution in [2.75, 3.05) is 32.2 Å². The Morgan fingerprint density at radius 1 is 1.40 bits per heavy atom. The molecule has 1 aliphatic rings. The topological polar surface area (TPSA) is 24.5 Å². The maximum absolute atomic E-state index is 5.56. The lowest BCUT2D eigenvalue weighted by Crippen LogP contribution is -2.47. The van der Waals surface area contributed by atoms with Gasteiger partial charge < -0.3 is 15.0 Å². The first-order chi connectivity index (χ1) is 7.36. The summed E-state index contributed by atoms with van der Waals surface area (Å²) >= 11 is 0. The van der Waals surface area contributed by atoms with Crippen LogP contribution in [0.4, 0.5) is 5.69 Å². The van der Waals surface area contributed by atoms with Crippen LogP contribution in [0.5, 0.6) is 0 Å². The number of rotatable bonds is 5. The lowest BCUT2D eigenvalue weighted by Gasteiger charge is -2.37. The fourth-order valence-electron chi connectivity index (χ4n) is 1.67. The smallest absolute Gasteiger partial charge is 0.116 e. The van der Waals surface area contributed by atoms with E-state index in [4.69, 9.17) is 4.74 Å². The molecule has 0 amide bonds. The quantitative estimate of drug-likeness (QED) is 0.587. The number of ether oxygens (including phenoxy) is 1. The summed E-state index contributed by atoms with van der Waals surface area (Å²) in [5.74, 6) is 0. The van der Waals surface area contributed by atoms with Crippen molar-refractivity contribution >= 4 is 5.69 Å². The Morgan fingerprint density at radius 2 is 2.20 bits per heavy atom. The first kappa shape index (κ1) is 10.5. The minimum atomic E-state index is 0.592. The van der Waals surface area contributed by atoms with Crippen molar-refractivity contribution in [3.05, 3.63) is 30.3 Å². The minimum Gasteiger partial charge on any atom is -0.363 e. The number of nitrogens with zero attached hydrogens (tertiary/aromatic N) is 1. The van der Waals surface area contributed by atoms with Crippen LogP contribution >= 0.6 is 0 Å². The van der Waals surface area contributed by atoms with Gasteiger partial charge in [0.1, 0.15) is 6.73 Å². The van der Waals surface area contributed by atoms with E-state index >= 15 is 0 Å². The molecule has 1 heterocycles. The van der Waals surface area contributed by atoms with Gasteiger partial charge in [-0.2, -0.15) is 0 Å². The standard InChI is InChI=1S/C12H18N2O/c1-14-8-7-12(14)9-15-10-13-11-5-3-2-4-6-11/h2-6,12-13H,7-10H2,1H3. The van der Waals surface area contributed by atoms with E-state index in [9.17, 15) is 0 Å². The summed E-state index contributed by atoms with van der Waals surface area (Å²) in [5.41, 5.74) is 1.11. The summed E-state index contributed by atoms with van der Waals surface area (Å²) in [7, 11) is 2.14. The zero-order valence-electron chi connectivity index (χ0n) is 9.15. The van der Waals surface area contributed by atoms with Crippen LogP contribution < -0.4 is 5.32 Å². The monoisotopic (exact) mass is 206 g/mol. The van der Waals surface area contributed by atoms with Gasteiger partial charge in [-0.25, -0.2) is 0 Å². The molecule has 0 radical (unpaired) electrons. The highest BCUT2D eigenvalue weighted by Crippen LogP contribution is 2.14. The van der Waals surface area contributed by atoms with Crippen molar-refractivity contribution in [1.82, 2.24) is 4.90 Å². The number of hydrogen-bond acceptors (Lipinski definition) is 3. The minimum absolute atomic E-state index is 0.592. The van der Waals surface area contributed by atoms with Gasteiger partial charge in [0.15, 0.2) is 0 Å². The average molecular weight is 206 g/mol. The van der Waals surface area contributed by atoms with Crippen LogP contribution in [0.25, 0.3) is 0 Å². The Balaban J connectivity index is 1.59. The van der Waals surface area contributed by atoms with Gasteiger partial charge in [0, 0.05) is 11.7 Å². The third-order valence-electron chi connectivity index (χ3n) is 2.90. The molecule has 1 N–H and O–H groups in total. The second-order valence-corrected chi connectivity index (χ2v) is 3.98. The third kappa shape index (κ3) is 2.94. The van der Waals surface area contributed by atoms with E-state index in [1.54, 1.807) is 0 Å². The fraction of sp³-hybridized carbons (Fsp3) is 0.500. The Hall–Kier alpha value is -1.06. The van der Waals surface area contributed by atoms with Crippen molar-refractivity contribution in [2.24, 2.45) is 0 Å². The normalized spacial score (nSPS) is 21.0. The third-order valence-corrected chi connectivity index (χ3v) is 2.90. The second-order valence-electron chi connectivity index (χ2n) is 3.98. The average Bonchev–Trinajstić information content (AvgIpc) is 2.28. The molecule has 0 aromatic heterocycles. The van der Waals surface area contributed by atoms with Crippen LogP contribution in [-0.4, -0.2) is 37.9 Å². The number of hydrogen-bond donors (Lipinski definition) is 1. The van der Waals surface area contributed by atoms with E-state index in [-0.39, 0.29) is 0 Å². The van der Waals surface area contributed by atoms with Crippen LogP contribution in [0.3, 0.4) is 0 Å². The summed E-state index contributed by atoms with van der Waals surface area (Å²) in [5, 5.41) is 3.22. The van der Waals surface area contributed by atoms with Crippen molar-refractivity contribution in [2.45, 2.75) is 12.5 Å². The van der Waals surface area contributed by atoms with Crippen LogP contribution in [0.2, 0.25) is 0 Å². The predicted octanol–water partition coefficient (Wildman–Crippen LogP) is 1.78. The molecule has 1 saturated heterocycles. The molecule has 3 heteroatoms. The summed E-state index contributed by atoms with van der Waals surface area (Å²) in [6.07, 6.45) is 1.27. The van der Waals surface area contributed by atoms with E-state index < -0.39 is 0 Å². The molecule has 0 saturated carbocycles. The van der Waals surface area contributed by atoms with Crippen molar-refractivity contribution in [3.63, 3.8) is 0 Å². The highest BCUT2D eigenvalue weighted by atomic mass is 16.5. The molecule has 1 aromatic carbocycles. The highest BCUT2D eigenvalue weighted by molar-refractivity contribution is 5.41. The van der Waals surface area contributed by atoms with Crippen molar-refractivity contribution in [1.29, 1.82) is 0 Å². The Kier molecular flexibility index (Phi) is 3.59. The van der Waals surface area contributed by atoms with Gasteiger partial charge in [-0.1, -0.05) is 18.2 Å². The number of anilines is 1. The number of nitrogens with one attached hydrogen (secondary N) is 1. The number of benzene rings is 1. The number of likely N-dealkylation sites (tertiary alicyclic amines) is 1. The van der Waals surface area contributed by atoms with E-state index in [0.29, 0.717) is 12.8 Å². The first-order valence-corrected chi connectivity index (χ1v) is 5.43. The summed E-state index contributed by atoms with van der Waals surface area (Å²) in [6.45, 7) is 2.63. The lowest BCUT2D eigenvalue weighted by atomic mass is 10.1. The van der Waals surface area contributed by atoms with Crippen LogP contribution in [0.15, 0.2) is 30.3 Å². The molecule has 1 aliphatic heterocycles. The Bertz CT molecular complexity index is 289. The van der Waals surface area contributed by atoms with Crippen LogP contribution in [0, 0.1) is 0 Å². The van der Waals surface area contributed by atoms with Crippen molar-refractivity contribution < 1.29 is 4.74 Å². The summed E-state index contributed by atoms with van der Waals surface area (Å²) in [4.78, 5) is 2.32. The van der Waals surface area contributed by atoms with E-state index in [0.717, 1.165) is 12.3 Å². The SMILES string of the molecule is CN1CCC1COCNc1ccccc1. The summed E-state index contributed by atoms with van der Waals surface area (Å²) < 4.78 is 5.56. The van der Waals surface area contributed by atoms with Gasteiger partial charge in [0.25, 0.3) is 0 Å². The van der Waals surface area contributed by atoms with Gasteiger partial charge in [0.2, 0.25) is 0 Å². The van der Waals surface area contributed by atoms with Gasteiger partial charge in [-0.15, -0.1) is 0 Å². The molecule has 0 bridgehead atoms. The van der Waals surface area contributed by atoms with E-state index in [2.05, 4.69) is 17.3 Å². The van der Waals surface area contributed by atoms with Gasteiger partial charge in [-0.3, -0.25) is 0 Å². The number of para-hydroxylation sites is 1. The van der Waals surface area contributed by atoms with Crippen LogP contribution in [-0.2, 0) is 4.74 Å². The van der Waals surface area contributed by atoms with Gasteiger partial charge in [0.05, 0.1) is 6.61 Å². The van der Waals surface area contributed by atoms with Crippen LogP contribution in [0.1, 0.15) is 6.42 Å². The zero-order chi connectivity index (χ0) is 10.5. The molecule has 1 aromatic rings. The highest BCUT2D eigenvalue weighted by Gasteiger charge is 2.23. The Labute approximate surface area is 91.0 Å². The zero-order valence-corrected chi connectivity index (χ0v) is 9.15. The molecule has 0 aliphatic carbocycles. The maximum atomic E-state index is 5.56. The molecule has 0 spiro atoms. The molecule has 82 valence electrons. The molecule has 1 atom stereocenters. The molecule has 1 fully saturated rings. The Morgan fingerprint density at radius 3 is 2.80 bits per heavy atom. The van der Waals surface area contributed by atoms with E-state index in [1.165, 1.54) is 13.0 Å². The van der Waals surface area contributed by atoms with Gasteiger partial charge >= 0.3 is 0 Å². The predicted molar refractivity (Wildman–Crippen MR) is 61.9 cm³/mol.